The van der Waals surface area contributed by atoms with Gasteiger partial charge in [-0.3, -0.25) is 0 Å². The van der Waals surface area contributed by atoms with Crippen LogP contribution in [0.15, 0.2) is 29.2 Å². The molecular weight excluding hydrogens is 302 g/mol. The fourth-order valence-electron chi connectivity index (χ4n) is 1.54. The van der Waals surface area contributed by atoms with E-state index in [4.69, 9.17) is 11.2 Å². The maximum absolute atomic E-state index is 12.0. The molecule has 0 aliphatic heterocycles. The molecule has 0 aliphatic rings. The molecule has 1 aromatic carbocycles. The molecule has 0 heterocycles. The predicted octanol–water partition coefficient (Wildman–Crippen LogP) is 2.19. The molecule has 0 bridgehead atoms. The van der Waals surface area contributed by atoms with Crippen molar-refractivity contribution >= 4 is 16.0 Å². The van der Waals surface area contributed by atoms with Crippen molar-refractivity contribution in [3.63, 3.8) is 0 Å². The summed E-state index contributed by atoms with van der Waals surface area (Å²) in [6.07, 6.45) is 5.75. The molecule has 0 amide bonds. The van der Waals surface area contributed by atoms with Crippen LogP contribution in [-0.2, 0) is 14.8 Å². The number of ether oxygens (including phenoxy) is 1. The third kappa shape index (κ3) is 5.88. The van der Waals surface area contributed by atoms with Crippen LogP contribution in [0, 0.1) is 17.8 Å². The van der Waals surface area contributed by atoms with E-state index in [-0.39, 0.29) is 29.0 Å². The molecule has 5 nitrogen and oxygen atoms in total. The van der Waals surface area contributed by atoms with E-state index in [1.165, 1.54) is 24.3 Å². The van der Waals surface area contributed by atoms with Crippen LogP contribution in [0.25, 0.3) is 0 Å². The lowest BCUT2D eigenvalue weighted by Crippen LogP contribution is -2.24. The first-order chi connectivity index (χ1) is 10.2. The van der Waals surface area contributed by atoms with Crippen molar-refractivity contribution in [2.45, 2.75) is 32.1 Å². The summed E-state index contributed by atoms with van der Waals surface area (Å²) in [6.45, 7) is 6.32. The Morgan fingerprint density at radius 1 is 1.36 bits per heavy atom. The van der Waals surface area contributed by atoms with Crippen molar-refractivity contribution in [2.75, 3.05) is 13.2 Å². The van der Waals surface area contributed by atoms with Crippen LogP contribution in [-0.4, -0.2) is 27.5 Å². The lowest BCUT2D eigenvalue weighted by Gasteiger charge is -2.17. The van der Waals surface area contributed by atoms with Crippen LogP contribution in [0.4, 0.5) is 0 Å². The summed E-state index contributed by atoms with van der Waals surface area (Å²) in [5, 5.41) is 0. The summed E-state index contributed by atoms with van der Waals surface area (Å²) in [4.78, 5) is 11.9. The van der Waals surface area contributed by atoms with Crippen LogP contribution in [0.3, 0.4) is 0 Å². The van der Waals surface area contributed by atoms with Gasteiger partial charge in [-0.25, -0.2) is 13.2 Å². The number of carbonyl (C=O) groups excluding carboxylic acids is 1. The molecule has 0 atom stereocenters. The van der Waals surface area contributed by atoms with Gasteiger partial charge in [-0.2, -0.15) is 4.72 Å². The highest BCUT2D eigenvalue weighted by atomic mass is 32.2. The second kappa shape index (κ2) is 7.43. The van der Waals surface area contributed by atoms with Crippen LogP contribution in [0.2, 0.25) is 0 Å². The second-order valence-corrected chi connectivity index (χ2v) is 7.77. The molecule has 6 heteroatoms. The summed E-state index contributed by atoms with van der Waals surface area (Å²) < 4.78 is 31.3. The standard InChI is InChI=1S/C16H21NO4S/c1-5-10-17-22(19,20)14-8-6-7-13(12-14)15(18)21-11-9-16(2,3)4/h1,6-8,12,17H,9-11H2,2-4H3. The third-order valence-electron chi connectivity index (χ3n) is 2.83. The lowest BCUT2D eigenvalue weighted by molar-refractivity contribution is 0.0464. The van der Waals surface area contributed by atoms with Gasteiger partial charge < -0.3 is 4.74 Å². The summed E-state index contributed by atoms with van der Waals surface area (Å²) >= 11 is 0. The minimum atomic E-state index is -3.72. The maximum atomic E-state index is 12.0. The number of terminal acetylenes is 1. The molecule has 0 spiro atoms. The Kier molecular flexibility index (Phi) is 6.15. The molecule has 0 saturated carbocycles. The highest BCUT2D eigenvalue weighted by Gasteiger charge is 2.17. The molecule has 1 aromatic rings. The Hall–Kier alpha value is -1.84. The van der Waals surface area contributed by atoms with Gasteiger partial charge in [0.2, 0.25) is 10.0 Å². The lowest BCUT2D eigenvalue weighted by atomic mass is 9.93. The molecule has 1 N–H and O–H groups in total. The fourth-order valence-corrected chi connectivity index (χ4v) is 2.52. The quantitative estimate of drug-likeness (QED) is 0.643. The number of nitrogens with one attached hydrogen (secondary N) is 1. The van der Waals surface area contributed by atoms with E-state index in [2.05, 4.69) is 10.6 Å². The van der Waals surface area contributed by atoms with Crippen molar-refractivity contribution in [1.82, 2.24) is 4.72 Å². The van der Waals surface area contributed by atoms with Gasteiger partial charge in [0.05, 0.1) is 23.6 Å². The number of hydrogen-bond donors (Lipinski definition) is 1. The monoisotopic (exact) mass is 323 g/mol. The molecule has 0 aromatic heterocycles. The topological polar surface area (TPSA) is 72.5 Å². The van der Waals surface area contributed by atoms with Gasteiger partial charge in [-0.1, -0.05) is 32.8 Å². The summed E-state index contributed by atoms with van der Waals surface area (Å²) in [5.74, 6) is 1.65. The van der Waals surface area contributed by atoms with Crippen molar-refractivity contribution in [3.8, 4) is 12.3 Å². The Morgan fingerprint density at radius 2 is 2.05 bits per heavy atom. The van der Waals surface area contributed by atoms with Crippen molar-refractivity contribution < 1.29 is 17.9 Å². The average Bonchev–Trinajstić information content (AvgIpc) is 2.44. The van der Waals surface area contributed by atoms with E-state index < -0.39 is 16.0 Å². The van der Waals surface area contributed by atoms with E-state index in [0.29, 0.717) is 0 Å². The molecule has 0 radical (unpaired) electrons. The Labute approximate surface area is 132 Å². The Bertz CT molecular complexity index is 666. The van der Waals surface area contributed by atoms with Gasteiger partial charge in [-0.05, 0) is 30.0 Å². The first-order valence-electron chi connectivity index (χ1n) is 6.86. The van der Waals surface area contributed by atoms with E-state index in [0.717, 1.165) is 6.42 Å². The van der Waals surface area contributed by atoms with Crippen molar-refractivity contribution in [2.24, 2.45) is 5.41 Å². The molecule has 0 unspecified atom stereocenters. The van der Waals surface area contributed by atoms with Gasteiger partial charge in [0.25, 0.3) is 0 Å². The minimum Gasteiger partial charge on any atom is -0.462 e. The van der Waals surface area contributed by atoms with E-state index >= 15 is 0 Å². The van der Waals surface area contributed by atoms with Gasteiger partial charge >= 0.3 is 5.97 Å². The van der Waals surface area contributed by atoms with Crippen LogP contribution < -0.4 is 4.72 Å². The predicted molar refractivity (Wildman–Crippen MR) is 84.8 cm³/mol. The highest BCUT2D eigenvalue weighted by molar-refractivity contribution is 7.89. The van der Waals surface area contributed by atoms with Crippen molar-refractivity contribution in [3.05, 3.63) is 29.8 Å². The van der Waals surface area contributed by atoms with Gasteiger partial charge in [0.15, 0.2) is 0 Å². The Morgan fingerprint density at radius 3 is 2.64 bits per heavy atom. The molecule has 22 heavy (non-hydrogen) atoms. The smallest absolute Gasteiger partial charge is 0.338 e. The average molecular weight is 323 g/mol. The van der Waals surface area contributed by atoms with Gasteiger partial charge in [-0.15, -0.1) is 6.42 Å². The van der Waals surface area contributed by atoms with E-state index in [1.54, 1.807) is 0 Å². The number of hydrogen-bond acceptors (Lipinski definition) is 4. The summed E-state index contributed by atoms with van der Waals surface area (Å²) in [7, 11) is -3.72. The normalized spacial score (nSPS) is 11.7. The molecule has 0 aliphatic carbocycles. The molecule has 1 rings (SSSR count). The second-order valence-electron chi connectivity index (χ2n) is 6.00. The summed E-state index contributed by atoms with van der Waals surface area (Å²) in [6, 6.07) is 5.67. The number of esters is 1. The van der Waals surface area contributed by atoms with Crippen molar-refractivity contribution in [1.29, 1.82) is 0 Å². The van der Waals surface area contributed by atoms with Crippen LogP contribution in [0.5, 0.6) is 0 Å². The first-order valence-corrected chi connectivity index (χ1v) is 8.34. The zero-order chi connectivity index (χ0) is 16.8. The van der Waals surface area contributed by atoms with Crippen LogP contribution in [0.1, 0.15) is 37.6 Å². The number of rotatable bonds is 6. The Balaban J connectivity index is 2.80. The SMILES string of the molecule is C#CCNS(=O)(=O)c1cccc(C(=O)OCCC(C)(C)C)c1. The van der Waals surface area contributed by atoms with Crippen LogP contribution >= 0.6 is 0 Å². The number of carbonyl (C=O) groups is 1. The number of benzene rings is 1. The first kappa shape index (κ1) is 18.2. The van der Waals surface area contributed by atoms with E-state index in [1.807, 2.05) is 20.8 Å². The largest absolute Gasteiger partial charge is 0.462 e. The summed E-state index contributed by atoms with van der Waals surface area (Å²) in [5.41, 5.74) is 0.252. The highest BCUT2D eigenvalue weighted by Crippen LogP contribution is 2.19. The molecule has 0 fully saturated rings. The molecule has 0 saturated heterocycles. The molecule has 120 valence electrons. The third-order valence-corrected chi connectivity index (χ3v) is 4.23. The fraction of sp³-hybridized carbons (Fsp3) is 0.438. The van der Waals surface area contributed by atoms with Gasteiger partial charge in [0, 0.05) is 0 Å². The minimum absolute atomic E-state index is 0.0204. The van der Waals surface area contributed by atoms with Gasteiger partial charge in [0.1, 0.15) is 0 Å². The number of sulfonamides is 1. The zero-order valence-electron chi connectivity index (χ0n) is 13.0. The van der Waals surface area contributed by atoms with E-state index in [9.17, 15) is 13.2 Å². The zero-order valence-corrected chi connectivity index (χ0v) is 13.9. The maximum Gasteiger partial charge on any atom is 0.338 e. The molecular formula is C16H21NO4S.